The molecule has 0 aliphatic rings. The number of carboxylic acid groups (broad SMARTS) is 1. The lowest BCUT2D eigenvalue weighted by molar-refractivity contribution is -0.136. The molecule has 4 rings (SSSR count). The third kappa shape index (κ3) is 8.92. The zero-order valence-corrected chi connectivity index (χ0v) is 25.7. The third-order valence-electron chi connectivity index (χ3n) is 6.52. The summed E-state index contributed by atoms with van der Waals surface area (Å²) < 4.78 is 32.1. The number of halogens is 2. The Bertz CT molecular complexity index is 1670. The number of carbonyl (C=O) groups excluding carboxylic acids is 1. The van der Waals surface area contributed by atoms with Crippen LogP contribution in [0.3, 0.4) is 0 Å². The van der Waals surface area contributed by atoms with Gasteiger partial charge in [-0.05, 0) is 71.6 Å². The molecule has 0 saturated heterocycles. The quantitative estimate of drug-likeness (QED) is 0.135. The van der Waals surface area contributed by atoms with Crippen molar-refractivity contribution in [1.29, 1.82) is 0 Å². The molecule has 0 unspecified atom stereocenters. The van der Waals surface area contributed by atoms with Crippen LogP contribution >= 0.6 is 34.5 Å². The third-order valence-corrected chi connectivity index (χ3v) is 9.81. The fourth-order valence-corrected chi connectivity index (χ4v) is 7.14. The molecule has 0 aliphatic heterocycles. The second kappa shape index (κ2) is 14.8. The minimum atomic E-state index is -3.39. The van der Waals surface area contributed by atoms with Crippen molar-refractivity contribution < 1.29 is 27.9 Å². The number of aliphatic carboxylic acids is 1. The molecule has 0 spiro atoms. The molecular weight excluding hydrogens is 619 g/mol. The molecule has 0 radical (unpaired) electrons. The van der Waals surface area contributed by atoms with E-state index in [0.717, 1.165) is 33.2 Å². The first kappa shape index (κ1) is 31.8. The summed E-state index contributed by atoms with van der Waals surface area (Å²) in [6.45, 7) is 1.50. The van der Waals surface area contributed by atoms with Crippen molar-refractivity contribution in [1.82, 2.24) is 10.6 Å². The van der Waals surface area contributed by atoms with Crippen molar-refractivity contribution >= 4 is 67.0 Å². The molecule has 222 valence electrons. The minimum absolute atomic E-state index is 0.0366. The SMILES string of the molecule is O=C(O)CCc1ccc(OCCNCCCS(=O)(=O)c2ccc3ccccc3c2)cc1CNC(=O)c1cc(Cl)sc1Cl. The van der Waals surface area contributed by atoms with E-state index in [1.54, 1.807) is 30.3 Å². The first-order valence-electron chi connectivity index (χ1n) is 13.2. The lowest BCUT2D eigenvalue weighted by atomic mass is 10.0. The molecule has 0 aliphatic carbocycles. The Hall–Kier alpha value is -3.15. The highest BCUT2D eigenvalue weighted by Crippen LogP contribution is 2.31. The minimum Gasteiger partial charge on any atom is -0.492 e. The number of amides is 1. The predicted molar refractivity (Wildman–Crippen MR) is 167 cm³/mol. The van der Waals surface area contributed by atoms with Crippen LogP contribution in [-0.4, -0.2) is 50.9 Å². The lowest BCUT2D eigenvalue weighted by Crippen LogP contribution is -2.24. The second-order valence-corrected chi connectivity index (χ2v) is 13.9. The number of benzene rings is 3. The Morgan fingerprint density at radius 2 is 1.71 bits per heavy atom. The number of hydrogen-bond acceptors (Lipinski definition) is 7. The van der Waals surface area contributed by atoms with Crippen LogP contribution in [-0.2, 0) is 27.6 Å². The molecule has 1 heterocycles. The van der Waals surface area contributed by atoms with Gasteiger partial charge in [0.2, 0.25) is 0 Å². The van der Waals surface area contributed by atoms with Gasteiger partial charge in [-0.25, -0.2) is 8.42 Å². The number of hydrogen-bond donors (Lipinski definition) is 3. The van der Waals surface area contributed by atoms with Crippen LogP contribution in [0.2, 0.25) is 8.67 Å². The summed E-state index contributed by atoms with van der Waals surface area (Å²) in [5, 5.41) is 17.0. The average Bonchev–Trinajstić information content (AvgIpc) is 3.31. The molecule has 8 nitrogen and oxygen atoms in total. The Balaban J connectivity index is 1.25. The number of thiophene rings is 1. The fourth-order valence-electron chi connectivity index (χ4n) is 4.34. The van der Waals surface area contributed by atoms with Gasteiger partial charge in [-0.15, -0.1) is 11.3 Å². The first-order chi connectivity index (χ1) is 20.1. The van der Waals surface area contributed by atoms with E-state index < -0.39 is 15.8 Å². The average molecular weight is 650 g/mol. The van der Waals surface area contributed by atoms with Gasteiger partial charge in [0.15, 0.2) is 9.84 Å². The predicted octanol–water partition coefficient (Wildman–Crippen LogP) is 5.99. The highest BCUT2D eigenvalue weighted by Gasteiger charge is 2.16. The molecule has 0 fully saturated rings. The second-order valence-electron chi connectivity index (χ2n) is 9.52. The molecule has 3 N–H and O–H groups in total. The maximum atomic E-state index is 12.8. The van der Waals surface area contributed by atoms with E-state index in [9.17, 15) is 18.0 Å². The van der Waals surface area contributed by atoms with Crippen LogP contribution in [0.5, 0.6) is 5.75 Å². The van der Waals surface area contributed by atoms with Crippen molar-refractivity contribution in [2.24, 2.45) is 0 Å². The van der Waals surface area contributed by atoms with E-state index in [-0.39, 0.29) is 30.2 Å². The maximum absolute atomic E-state index is 12.8. The molecule has 0 atom stereocenters. The van der Waals surface area contributed by atoms with Crippen LogP contribution < -0.4 is 15.4 Å². The van der Waals surface area contributed by atoms with Crippen molar-refractivity contribution in [3.8, 4) is 5.75 Å². The summed E-state index contributed by atoms with van der Waals surface area (Å²) in [6.07, 6.45) is 0.708. The van der Waals surface area contributed by atoms with Crippen molar-refractivity contribution in [2.45, 2.75) is 30.7 Å². The maximum Gasteiger partial charge on any atom is 0.303 e. The van der Waals surface area contributed by atoms with E-state index in [1.165, 1.54) is 6.07 Å². The number of ether oxygens (including phenoxy) is 1. The highest BCUT2D eigenvalue weighted by atomic mass is 35.5. The number of rotatable bonds is 15. The van der Waals surface area contributed by atoms with E-state index in [0.29, 0.717) is 51.9 Å². The molecule has 1 aromatic heterocycles. The van der Waals surface area contributed by atoms with Gasteiger partial charge in [-0.1, -0.05) is 59.6 Å². The zero-order chi connectivity index (χ0) is 30.1. The largest absolute Gasteiger partial charge is 0.492 e. The number of sulfone groups is 1. The summed E-state index contributed by atoms with van der Waals surface area (Å²) in [6, 6.07) is 19.7. The molecule has 4 aromatic rings. The van der Waals surface area contributed by atoms with Gasteiger partial charge in [0, 0.05) is 19.5 Å². The number of fused-ring (bicyclic) bond motifs is 1. The Kier molecular flexibility index (Phi) is 11.2. The smallest absolute Gasteiger partial charge is 0.303 e. The van der Waals surface area contributed by atoms with Gasteiger partial charge >= 0.3 is 5.97 Å². The summed E-state index contributed by atoms with van der Waals surface area (Å²) in [4.78, 5) is 24.0. The van der Waals surface area contributed by atoms with Gasteiger partial charge in [-0.3, -0.25) is 9.59 Å². The van der Waals surface area contributed by atoms with Gasteiger partial charge < -0.3 is 20.5 Å². The molecular formula is C30H30Cl2N2O6S2. The Labute approximate surface area is 258 Å². The first-order valence-corrected chi connectivity index (χ1v) is 16.5. The fraction of sp³-hybridized carbons (Fsp3) is 0.267. The zero-order valence-electron chi connectivity index (χ0n) is 22.6. The van der Waals surface area contributed by atoms with Crippen LogP contribution in [0, 0.1) is 0 Å². The van der Waals surface area contributed by atoms with Crippen molar-refractivity contribution in [3.05, 3.63) is 92.1 Å². The molecule has 0 saturated carbocycles. The van der Waals surface area contributed by atoms with Crippen molar-refractivity contribution in [3.63, 3.8) is 0 Å². The summed E-state index contributed by atoms with van der Waals surface area (Å²) in [7, 11) is -3.39. The highest BCUT2D eigenvalue weighted by molar-refractivity contribution is 7.91. The standard InChI is InChI=1S/C30H30Cl2N2O6S2/c31-27-18-26(29(32)41-27)30(37)34-19-23-16-24(9-6-21(23)8-11-28(35)36)40-14-13-33-12-3-15-42(38,39)25-10-7-20-4-1-2-5-22(20)17-25/h1-2,4-7,9-10,16-18,33H,3,8,11-15,19H2,(H,34,37)(H,35,36). The molecule has 1 amide bonds. The van der Waals surface area contributed by atoms with E-state index in [4.69, 9.17) is 33.0 Å². The number of aryl methyl sites for hydroxylation is 1. The van der Waals surface area contributed by atoms with Crippen LogP contribution in [0.4, 0.5) is 0 Å². The van der Waals surface area contributed by atoms with Crippen LogP contribution in [0.25, 0.3) is 10.8 Å². The normalized spacial score (nSPS) is 11.5. The van der Waals surface area contributed by atoms with E-state index >= 15 is 0 Å². The van der Waals surface area contributed by atoms with Crippen LogP contribution in [0.15, 0.2) is 71.6 Å². The van der Waals surface area contributed by atoms with Crippen LogP contribution in [0.1, 0.15) is 34.3 Å². The lowest BCUT2D eigenvalue weighted by Gasteiger charge is -2.14. The Morgan fingerprint density at radius 1 is 0.929 bits per heavy atom. The van der Waals surface area contributed by atoms with Gasteiger partial charge in [0.1, 0.15) is 16.7 Å². The summed E-state index contributed by atoms with van der Waals surface area (Å²) in [5.41, 5.74) is 1.79. The van der Waals surface area contributed by atoms with Gasteiger partial charge in [0.05, 0.1) is 20.5 Å². The monoisotopic (exact) mass is 648 g/mol. The number of carbonyl (C=O) groups is 2. The van der Waals surface area contributed by atoms with E-state index in [1.807, 2.05) is 30.3 Å². The van der Waals surface area contributed by atoms with Gasteiger partial charge in [0.25, 0.3) is 5.91 Å². The summed E-state index contributed by atoms with van der Waals surface area (Å²) in [5.74, 6) is -0.697. The molecule has 3 aromatic carbocycles. The van der Waals surface area contributed by atoms with E-state index in [2.05, 4.69) is 10.6 Å². The topological polar surface area (TPSA) is 122 Å². The van der Waals surface area contributed by atoms with Crippen molar-refractivity contribution in [2.75, 3.05) is 25.4 Å². The number of nitrogens with one attached hydrogen (secondary N) is 2. The summed E-state index contributed by atoms with van der Waals surface area (Å²) >= 11 is 13.1. The Morgan fingerprint density at radius 3 is 2.45 bits per heavy atom. The molecule has 0 bridgehead atoms. The molecule has 42 heavy (non-hydrogen) atoms. The van der Waals surface area contributed by atoms with Gasteiger partial charge in [-0.2, -0.15) is 0 Å². The number of carboxylic acids is 1. The molecule has 12 heteroatoms.